The van der Waals surface area contributed by atoms with E-state index in [0.29, 0.717) is 40.6 Å². The van der Waals surface area contributed by atoms with Gasteiger partial charge in [-0.25, -0.2) is 18.7 Å². The molecule has 0 aliphatic heterocycles. The first kappa shape index (κ1) is 24.6. The van der Waals surface area contributed by atoms with Crippen molar-refractivity contribution in [3.05, 3.63) is 89.2 Å². The normalized spacial score (nSPS) is 11.7. The van der Waals surface area contributed by atoms with Gasteiger partial charge in [0, 0.05) is 23.3 Å². The molecule has 0 bridgehead atoms. The van der Waals surface area contributed by atoms with Crippen molar-refractivity contribution >= 4 is 10.8 Å². The van der Waals surface area contributed by atoms with Gasteiger partial charge >= 0.3 is 6.18 Å². The highest BCUT2D eigenvalue weighted by molar-refractivity contribution is 5.87. The molecule has 3 aromatic carbocycles. The minimum atomic E-state index is -4.55. The van der Waals surface area contributed by atoms with Gasteiger partial charge in [0.2, 0.25) is 0 Å². The molecule has 0 saturated carbocycles. The van der Waals surface area contributed by atoms with E-state index >= 15 is 4.39 Å². The van der Waals surface area contributed by atoms with Gasteiger partial charge < -0.3 is 4.74 Å². The lowest BCUT2D eigenvalue weighted by Crippen LogP contribution is -2.19. The molecule has 4 aromatic rings. The zero-order valence-electron chi connectivity index (χ0n) is 19.0. The number of hydrogen-bond acceptors (Lipinski definition) is 3. The Hall–Kier alpha value is -3.55. The van der Waals surface area contributed by atoms with Crippen LogP contribution in [0.1, 0.15) is 30.0 Å². The Bertz CT molecular complexity index is 1320. The minimum absolute atomic E-state index is 0.299. The van der Waals surface area contributed by atoms with E-state index in [4.69, 9.17) is 0 Å². The molecule has 3 nitrogen and oxygen atoms in total. The van der Waals surface area contributed by atoms with E-state index in [2.05, 4.69) is 21.6 Å². The molecule has 182 valence electrons. The Morgan fingerprint density at radius 1 is 0.829 bits per heavy atom. The SMILES string of the molecule is CCCc1cnc(-c2ccc3c(F)c(CCc4ccc(OCC(F)(F)F)c(F)c4)ccc3c2)nc1. The van der Waals surface area contributed by atoms with E-state index in [1.54, 1.807) is 30.6 Å². The first-order valence-corrected chi connectivity index (χ1v) is 11.2. The summed E-state index contributed by atoms with van der Waals surface area (Å²) in [5.41, 5.74) is 2.84. The molecule has 0 spiro atoms. The van der Waals surface area contributed by atoms with E-state index in [1.807, 2.05) is 12.1 Å². The fourth-order valence-electron chi connectivity index (χ4n) is 3.85. The maximum atomic E-state index is 15.2. The van der Waals surface area contributed by atoms with Gasteiger partial charge in [0.1, 0.15) is 5.82 Å². The number of ether oxygens (including phenoxy) is 1. The van der Waals surface area contributed by atoms with Crippen LogP contribution in [-0.4, -0.2) is 22.8 Å². The number of alkyl halides is 3. The van der Waals surface area contributed by atoms with Crippen LogP contribution in [0.2, 0.25) is 0 Å². The van der Waals surface area contributed by atoms with Crippen molar-refractivity contribution in [2.24, 2.45) is 0 Å². The topological polar surface area (TPSA) is 35.0 Å². The summed E-state index contributed by atoms with van der Waals surface area (Å²) in [6.07, 6.45) is 1.59. The van der Waals surface area contributed by atoms with Gasteiger partial charge in [-0.1, -0.05) is 43.7 Å². The van der Waals surface area contributed by atoms with E-state index in [1.165, 1.54) is 6.07 Å². The first-order chi connectivity index (χ1) is 16.7. The Labute approximate surface area is 199 Å². The zero-order valence-corrected chi connectivity index (χ0v) is 19.0. The summed E-state index contributed by atoms with van der Waals surface area (Å²) < 4.78 is 70.6. The minimum Gasteiger partial charge on any atom is -0.481 e. The Balaban J connectivity index is 1.47. The number of halogens is 5. The predicted molar refractivity (Wildman–Crippen MR) is 124 cm³/mol. The standard InChI is InChI=1S/C27H23F5N2O/c1-2-3-18-14-33-26(34-15-18)21-9-10-22-20(13-21)8-7-19(25(22)29)6-4-17-5-11-24(23(28)12-17)35-16-27(30,31)32/h5,7-15H,2-4,6,16H2,1H3. The van der Waals surface area contributed by atoms with E-state index in [9.17, 15) is 17.6 Å². The molecule has 0 unspecified atom stereocenters. The molecular weight excluding hydrogens is 463 g/mol. The van der Waals surface area contributed by atoms with Crippen LogP contribution >= 0.6 is 0 Å². The molecule has 0 atom stereocenters. The third-order valence-corrected chi connectivity index (χ3v) is 5.61. The van der Waals surface area contributed by atoms with Crippen molar-refractivity contribution in [1.29, 1.82) is 0 Å². The van der Waals surface area contributed by atoms with E-state index < -0.39 is 24.3 Å². The highest BCUT2D eigenvalue weighted by Gasteiger charge is 2.29. The second kappa shape index (κ2) is 10.4. The number of nitrogens with zero attached hydrogens (tertiary/aromatic N) is 2. The largest absolute Gasteiger partial charge is 0.481 e. The van der Waals surface area contributed by atoms with Crippen molar-refractivity contribution in [3.8, 4) is 17.1 Å². The van der Waals surface area contributed by atoms with Crippen molar-refractivity contribution < 1.29 is 26.7 Å². The Morgan fingerprint density at radius 2 is 1.60 bits per heavy atom. The van der Waals surface area contributed by atoms with Gasteiger partial charge in [-0.05, 0) is 59.5 Å². The van der Waals surface area contributed by atoms with Gasteiger partial charge in [0.15, 0.2) is 24.0 Å². The lowest BCUT2D eigenvalue weighted by molar-refractivity contribution is -0.153. The average Bonchev–Trinajstić information content (AvgIpc) is 2.83. The maximum Gasteiger partial charge on any atom is 0.422 e. The third kappa shape index (κ3) is 6.12. The first-order valence-electron chi connectivity index (χ1n) is 11.2. The molecule has 0 aliphatic rings. The fourth-order valence-corrected chi connectivity index (χ4v) is 3.85. The van der Waals surface area contributed by atoms with Crippen molar-refractivity contribution in [2.45, 2.75) is 38.8 Å². The molecule has 35 heavy (non-hydrogen) atoms. The van der Waals surface area contributed by atoms with Gasteiger partial charge in [0.25, 0.3) is 0 Å². The van der Waals surface area contributed by atoms with Crippen LogP contribution in [0, 0.1) is 11.6 Å². The summed E-state index contributed by atoms with van der Waals surface area (Å²) in [4.78, 5) is 8.83. The van der Waals surface area contributed by atoms with Crippen LogP contribution in [0.3, 0.4) is 0 Å². The summed E-state index contributed by atoms with van der Waals surface area (Å²) in [5.74, 6) is -1.15. The van der Waals surface area contributed by atoms with E-state index in [0.717, 1.165) is 36.1 Å². The van der Waals surface area contributed by atoms with Crippen LogP contribution < -0.4 is 4.74 Å². The number of aromatic nitrogens is 2. The van der Waals surface area contributed by atoms with Gasteiger partial charge in [-0.2, -0.15) is 13.2 Å². The van der Waals surface area contributed by atoms with Crippen molar-refractivity contribution in [3.63, 3.8) is 0 Å². The fraction of sp³-hybridized carbons (Fsp3) is 0.259. The highest BCUT2D eigenvalue weighted by Crippen LogP contribution is 2.27. The molecule has 0 aliphatic carbocycles. The molecule has 0 saturated heterocycles. The zero-order chi connectivity index (χ0) is 25.0. The molecule has 0 N–H and O–H groups in total. The Morgan fingerprint density at radius 3 is 2.29 bits per heavy atom. The molecule has 1 aromatic heterocycles. The quantitative estimate of drug-likeness (QED) is 0.246. The maximum absolute atomic E-state index is 15.2. The van der Waals surface area contributed by atoms with Gasteiger partial charge in [-0.15, -0.1) is 0 Å². The molecule has 8 heteroatoms. The second-order valence-corrected chi connectivity index (χ2v) is 8.31. The van der Waals surface area contributed by atoms with Crippen LogP contribution in [0.5, 0.6) is 5.75 Å². The molecule has 0 radical (unpaired) electrons. The highest BCUT2D eigenvalue weighted by atomic mass is 19.4. The van der Waals surface area contributed by atoms with Gasteiger partial charge in [0.05, 0.1) is 0 Å². The lowest BCUT2D eigenvalue weighted by Gasteiger charge is -2.11. The molecule has 0 amide bonds. The average molecular weight is 486 g/mol. The van der Waals surface area contributed by atoms with Crippen LogP contribution in [0.15, 0.2) is 60.9 Å². The second-order valence-electron chi connectivity index (χ2n) is 8.31. The van der Waals surface area contributed by atoms with E-state index in [-0.39, 0.29) is 5.82 Å². The monoisotopic (exact) mass is 486 g/mol. The van der Waals surface area contributed by atoms with Crippen molar-refractivity contribution in [1.82, 2.24) is 9.97 Å². The number of aryl methyl sites for hydroxylation is 3. The lowest BCUT2D eigenvalue weighted by atomic mass is 9.99. The Kier molecular flexibility index (Phi) is 7.28. The molecule has 4 rings (SSSR count). The number of benzene rings is 3. The summed E-state index contributed by atoms with van der Waals surface area (Å²) in [7, 11) is 0. The van der Waals surface area contributed by atoms with Crippen LogP contribution in [0.25, 0.3) is 22.2 Å². The molecule has 1 heterocycles. The predicted octanol–water partition coefficient (Wildman–Crippen LogP) is 7.25. The van der Waals surface area contributed by atoms with Gasteiger partial charge in [-0.3, -0.25) is 0 Å². The number of hydrogen-bond donors (Lipinski definition) is 0. The van der Waals surface area contributed by atoms with Crippen molar-refractivity contribution in [2.75, 3.05) is 6.61 Å². The summed E-state index contributed by atoms with van der Waals surface area (Å²) in [6.45, 7) is 0.523. The smallest absolute Gasteiger partial charge is 0.422 e. The van der Waals surface area contributed by atoms with Crippen LogP contribution in [-0.2, 0) is 19.3 Å². The number of rotatable bonds is 8. The summed E-state index contributed by atoms with van der Waals surface area (Å²) >= 11 is 0. The summed E-state index contributed by atoms with van der Waals surface area (Å²) in [6, 6.07) is 12.6. The molecular formula is C27H23F5N2O. The third-order valence-electron chi connectivity index (χ3n) is 5.61. The summed E-state index contributed by atoms with van der Waals surface area (Å²) in [5, 5.41) is 1.16. The van der Waals surface area contributed by atoms with Crippen LogP contribution in [0.4, 0.5) is 22.0 Å². The molecule has 0 fully saturated rings. The number of fused-ring (bicyclic) bond motifs is 1.